The Morgan fingerprint density at radius 3 is 2.60 bits per heavy atom. The maximum atomic E-state index is 12.5. The average molecular weight is 278 g/mol. The predicted molar refractivity (Wildman–Crippen MR) is 71.5 cm³/mol. The van der Waals surface area contributed by atoms with E-state index in [2.05, 4.69) is 0 Å². The molecule has 2 amide bonds. The van der Waals surface area contributed by atoms with Crippen LogP contribution in [0, 0.1) is 0 Å². The smallest absolute Gasteiger partial charge is 0.257 e. The number of carbonyl (C=O) groups is 2. The van der Waals surface area contributed by atoms with E-state index in [4.69, 9.17) is 10.5 Å². The number of nitrogens with zero attached hydrogens (tertiary/aromatic N) is 1. The van der Waals surface area contributed by atoms with Crippen LogP contribution in [0.15, 0.2) is 30.3 Å². The summed E-state index contributed by atoms with van der Waals surface area (Å²) in [6, 6.07) is 8.22. The standard InChI is InChI=1S/C14H18N2O4/c1-20-12(9-5-3-2-4-6-9)14(19)16-8-10(17)7-11(16)13(15)18/h2-6,10-12,17H,7-8H2,1H3,(H2,15,18). The van der Waals surface area contributed by atoms with Crippen LogP contribution in [0.25, 0.3) is 0 Å². The summed E-state index contributed by atoms with van der Waals surface area (Å²) in [5, 5.41) is 9.65. The molecule has 108 valence electrons. The molecule has 3 atom stereocenters. The van der Waals surface area contributed by atoms with Gasteiger partial charge in [-0.05, 0) is 5.56 Å². The number of methoxy groups -OCH3 is 1. The minimum Gasteiger partial charge on any atom is -0.391 e. The lowest BCUT2D eigenvalue weighted by Crippen LogP contribution is -2.46. The normalized spacial score (nSPS) is 23.6. The van der Waals surface area contributed by atoms with Crippen molar-refractivity contribution in [2.75, 3.05) is 13.7 Å². The number of aliphatic hydroxyl groups excluding tert-OH is 1. The molecule has 0 bridgehead atoms. The van der Waals surface area contributed by atoms with Gasteiger partial charge in [0.15, 0.2) is 6.10 Å². The summed E-state index contributed by atoms with van der Waals surface area (Å²) < 4.78 is 5.25. The average Bonchev–Trinajstić information content (AvgIpc) is 2.83. The van der Waals surface area contributed by atoms with Crippen LogP contribution in [0.2, 0.25) is 0 Å². The van der Waals surface area contributed by atoms with Crippen LogP contribution < -0.4 is 5.73 Å². The molecule has 1 aliphatic rings. The monoisotopic (exact) mass is 278 g/mol. The van der Waals surface area contributed by atoms with Crippen LogP contribution in [0.3, 0.4) is 0 Å². The molecule has 0 aliphatic carbocycles. The van der Waals surface area contributed by atoms with E-state index in [0.29, 0.717) is 5.56 Å². The number of primary amides is 1. The Balaban J connectivity index is 2.22. The molecular weight excluding hydrogens is 260 g/mol. The van der Waals surface area contributed by atoms with Crippen molar-refractivity contribution in [1.29, 1.82) is 0 Å². The molecule has 1 heterocycles. The Morgan fingerprint density at radius 1 is 1.40 bits per heavy atom. The van der Waals surface area contributed by atoms with Crippen LogP contribution in [-0.2, 0) is 14.3 Å². The molecule has 6 heteroatoms. The number of likely N-dealkylation sites (tertiary alicyclic amines) is 1. The van der Waals surface area contributed by atoms with Crippen molar-refractivity contribution in [2.24, 2.45) is 5.73 Å². The van der Waals surface area contributed by atoms with Crippen molar-refractivity contribution in [2.45, 2.75) is 24.7 Å². The first kappa shape index (κ1) is 14.5. The number of nitrogens with two attached hydrogens (primary N) is 1. The lowest BCUT2D eigenvalue weighted by molar-refractivity contribution is -0.146. The molecular formula is C14H18N2O4. The maximum Gasteiger partial charge on any atom is 0.257 e. The van der Waals surface area contributed by atoms with Gasteiger partial charge in [0.05, 0.1) is 6.10 Å². The van der Waals surface area contributed by atoms with E-state index in [9.17, 15) is 14.7 Å². The SMILES string of the molecule is COC(C(=O)N1CC(O)CC1C(N)=O)c1ccccc1. The fourth-order valence-electron chi connectivity index (χ4n) is 2.49. The third-order valence-corrected chi connectivity index (χ3v) is 3.45. The van der Waals surface area contributed by atoms with Crippen LogP contribution >= 0.6 is 0 Å². The highest BCUT2D eigenvalue weighted by Gasteiger charge is 2.40. The molecule has 1 saturated heterocycles. The molecule has 1 fully saturated rings. The molecule has 3 unspecified atom stereocenters. The van der Waals surface area contributed by atoms with E-state index in [1.807, 2.05) is 6.07 Å². The molecule has 1 aromatic carbocycles. The quantitative estimate of drug-likeness (QED) is 0.799. The van der Waals surface area contributed by atoms with Crippen molar-refractivity contribution in [3.8, 4) is 0 Å². The van der Waals surface area contributed by atoms with Crippen molar-refractivity contribution in [3.63, 3.8) is 0 Å². The zero-order valence-electron chi connectivity index (χ0n) is 11.2. The first-order valence-electron chi connectivity index (χ1n) is 6.40. The zero-order valence-corrected chi connectivity index (χ0v) is 11.2. The van der Waals surface area contributed by atoms with Crippen molar-refractivity contribution >= 4 is 11.8 Å². The summed E-state index contributed by atoms with van der Waals surface area (Å²) in [5.74, 6) is -0.975. The van der Waals surface area contributed by atoms with E-state index in [1.54, 1.807) is 24.3 Å². The molecule has 20 heavy (non-hydrogen) atoms. The second-order valence-corrected chi connectivity index (χ2v) is 4.82. The Kier molecular flexibility index (Phi) is 4.36. The molecule has 0 saturated carbocycles. The highest BCUT2D eigenvalue weighted by atomic mass is 16.5. The van der Waals surface area contributed by atoms with Crippen molar-refractivity contribution in [1.82, 2.24) is 4.90 Å². The Morgan fingerprint density at radius 2 is 2.05 bits per heavy atom. The lowest BCUT2D eigenvalue weighted by atomic mass is 10.1. The number of aliphatic hydroxyl groups is 1. The van der Waals surface area contributed by atoms with Gasteiger partial charge in [-0.3, -0.25) is 9.59 Å². The number of amides is 2. The third kappa shape index (κ3) is 2.81. The van der Waals surface area contributed by atoms with E-state index >= 15 is 0 Å². The summed E-state index contributed by atoms with van der Waals surface area (Å²) in [4.78, 5) is 25.2. The number of hydrogen-bond acceptors (Lipinski definition) is 4. The third-order valence-electron chi connectivity index (χ3n) is 3.45. The first-order chi connectivity index (χ1) is 9.54. The number of rotatable bonds is 4. The van der Waals surface area contributed by atoms with Crippen LogP contribution in [-0.4, -0.2) is 47.6 Å². The topological polar surface area (TPSA) is 92.9 Å². The van der Waals surface area contributed by atoms with Gasteiger partial charge in [-0.1, -0.05) is 30.3 Å². The molecule has 3 N–H and O–H groups in total. The maximum absolute atomic E-state index is 12.5. The molecule has 0 aromatic heterocycles. The predicted octanol–water partition coefficient (Wildman–Crippen LogP) is -0.179. The Hall–Kier alpha value is -1.92. The number of ether oxygens (including phenoxy) is 1. The van der Waals surface area contributed by atoms with E-state index < -0.39 is 24.2 Å². The number of hydrogen-bond donors (Lipinski definition) is 2. The van der Waals surface area contributed by atoms with E-state index in [1.165, 1.54) is 12.0 Å². The number of β-amino-alcohol motifs (C(OH)–C–C–N with tert-alkyl or cyclic N) is 1. The lowest BCUT2D eigenvalue weighted by Gasteiger charge is -2.26. The molecule has 6 nitrogen and oxygen atoms in total. The van der Waals surface area contributed by atoms with Crippen LogP contribution in [0.1, 0.15) is 18.1 Å². The van der Waals surface area contributed by atoms with Gasteiger partial charge in [0, 0.05) is 20.1 Å². The number of benzene rings is 1. The fourth-order valence-corrected chi connectivity index (χ4v) is 2.49. The number of carbonyl (C=O) groups excluding carboxylic acids is 2. The van der Waals surface area contributed by atoms with Gasteiger partial charge >= 0.3 is 0 Å². The molecule has 2 rings (SSSR count). The second-order valence-electron chi connectivity index (χ2n) is 4.82. The summed E-state index contributed by atoms with van der Waals surface area (Å²) in [5.41, 5.74) is 5.98. The summed E-state index contributed by atoms with van der Waals surface area (Å²) >= 11 is 0. The van der Waals surface area contributed by atoms with Gasteiger partial charge < -0.3 is 20.5 Å². The van der Waals surface area contributed by atoms with Gasteiger partial charge in [-0.15, -0.1) is 0 Å². The van der Waals surface area contributed by atoms with Crippen LogP contribution in [0.4, 0.5) is 0 Å². The fraction of sp³-hybridized carbons (Fsp3) is 0.429. The summed E-state index contributed by atoms with van der Waals surface area (Å²) in [6.45, 7) is 0.0964. The van der Waals surface area contributed by atoms with Gasteiger partial charge in [0.25, 0.3) is 5.91 Å². The van der Waals surface area contributed by atoms with Crippen molar-refractivity contribution in [3.05, 3.63) is 35.9 Å². The molecule has 0 radical (unpaired) electrons. The van der Waals surface area contributed by atoms with Gasteiger partial charge in [0.1, 0.15) is 6.04 Å². The highest BCUT2D eigenvalue weighted by molar-refractivity contribution is 5.90. The second kappa shape index (κ2) is 6.02. The molecule has 0 spiro atoms. The Bertz CT molecular complexity index is 491. The van der Waals surface area contributed by atoms with E-state index in [-0.39, 0.29) is 18.9 Å². The van der Waals surface area contributed by atoms with Crippen molar-refractivity contribution < 1.29 is 19.4 Å². The summed E-state index contributed by atoms with van der Waals surface area (Å²) in [6.07, 6.45) is -1.36. The van der Waals surface area contributed by atoms with Gasteiger partial charge in [-0.25, -0.2) is 0 Å². The molecule has 1 aliphatic heterocycles. The van der Waals surface area contributed by atoms with Gasteiger partial charge in [0.2, 0.25) is 5.91 Å². The minimum absolute atomic E-state index is 0.0964. The van der Waals surface area contributed by atoms with Gasteiger partial charge in [-0.2, -0.15) is 0 Å². The van der Waals surface area contributed by atoms with E-state index in [0.717, 1.165) is 0 Å². The Labute approximate surface area is 117 Å². The summed E-state index contributed by atoms with van der Waals surface area (Å²) in [7, 11) is 1.43. The largest absolute Gasteiger partial charge is 0.391 e. The highest BCUT2D eigenvalue weighted by Crippen LogP contribution is 2.25. The molecule has 1 aromatic rings. The van der Waals surface area contributed by atoms with Crippen LogP contribution in [0.5, 0.6) is 0 Å². The first-order valence-corrected chi connectivity index (χ1v) is 6.40. The minimum atomic E-state index is -0.802. The zero-order chi connectivity index (χ0) is 14.7.